The van der Waals surface area contributed by atoms with Crippen molar-refractivity contribution < 1.29 is 13.9 Å². The van der Waals surface area contributed by atoms with Crippen molar-refractivity contribution in [1.82, 2.24) is 4.98 Å². The maximum atomic E-state index is 12.2. The molecule has 0 amide bonds. The standard InChI is InChI=1S/C13H14F2N2O/c1-8-6-9-4-2-3-5-10(9)17-13(8)16-7-11(18)12(14)15/h2-6,11-12,18H,7H2,1H3,(H,16,17). The molecule has 1 atom stereocenters. The summed E-state index contributed by atoms with van der Waals surface area (Å²) in [5.41, 5.74) is 1.65. The number of aryl methyl sites for hydroxylation is 1. The highest BCUT2D eigenvalue weighted by molar-refractivity contribution is 5.81. The third-order valence-corrected chi connectivity index (χ3v) is 2.68. The Balaban J connectivity index is 2.20. The Morgan fingerprint density at radius 2 is 2.06 bits per heavy atom. The summed E-state index contributed by atoms with van der Waals surface area (Å²) in [7, 11) is 0. The van der Waals surface area contributed by atoms with E-state index in [0.717, 1.165) is 16.5 Å². The summed E-state index contributed by atoms with van der Waals surface area (Å²) in [4.78, 5) is 4.34. The molecule has 2 N–H and O–H groups in total. The first-order valence-electron chi connectivity index (χ1n) is 5.64. The maximum Gasteiger partial charge on any atom is 0.265 e. The Hall–Kier alpha value is -1.75. The molecule has 0 saturated carbocycles. The quantitative estimate of drug-likeness (QED) is 0.879. The molecule has 2 aromatic rings. The Kier molecular flexibility index (Phi) is 3.72. The number of rotatable bonds is 4. The van der Waals surface area contributed by atoms with E-state index in [0.29, 0.717) is 5.82 Å². The molecule has 96 valence electrons. The van der Waals surface area contributed by atoms with Gasteiger partial charge in [-0.25, -0.2) is 13.8 Å². The van der Waals surface area contributed by atoms with Crippen LogP contribution in [0.1, 0.15) is 5.56 Å². The molecule has 0 bridgehead atoms. The topological polar surface area (TPSA) is 45.2 Å². The smallest absolute Gasteiger partial charge is 0.265 e. The Morgan fingerprint density at radius 1 is 1.33 bits per heavy atom. The second-order valence-corrected chi connectivity index (χ2v) is 4.13. The number of benzene rings is 1. The average molecular weight is 252 g/mol. The summed E-state index contributed by atoms with van der Waals surface area (Å²) >= 11 is 0. The van der Waals surface area contributed by atoms with Crippen LogP contribution in [0.4, 0.5) is 14.6 Å². The van der Waals surface area contributed by atoms with Gasteiger partial charge >= 0.3 is 0 Å². The van der Waals surface area contributed by atoms with Crippen LogP contribution in [0.5, 0.6) is 0 Å². The van der Waals surface area contributed by atoms with Crippen molar-refractivity contribution >= 4 is 16.7 Å². The Bertz CT molecular complexity index is 546. The van der Waals surface area contributed by atoms with Gasteiger partial charge in [0, 0.05) is 11.9 Å². The number of hydrogen-bond donors (Lipinski definition) is 2. The van der Waals surface area contributed by atoms with Gasteiger partial charge in [0.25, 0.3) is 6.43 Å². The Morgan fingerprint density at radius 3 is 2.78 bits per heavy atom. The van der Waals surface area contributed by atoms with E-state index in [4.69, 9.17) is 5.11 Å². The van der Waals surface area contributed by atoms with Gasteiger partial charge in [-0.2, -0.15) is 0 Å². The van der Waals surface area contributed by atoms with Crippen LogP contribution in [0.3, 0.4) is 0 Å². The molecular formula is C13H14F2N2O. The van der Waals surface area contributed by atoms with Crippen molar-refractivity contribution in [1.29, 1.82) is 0 Å². The Labute approximate surface area is 103 Å². The van der Waals surface area contributed by atoms with Crippen LogP contribution < -0.4 is 5.32 Å². The third-order valence-electron chi connectivity index (χ3n) is 2.68. The number of aliphatic hydroxyl groups is 1. The largest absolute Gasteiger partial charge is 0.385 e. The van der Waals surface area contributed by atoms with Gasteiger partial charge < -0.3 is 10.4 Å². The van der Waals surface area contributed by atoms with Gasteiger partial charge in [-0.1, -0.05) is 18.2 Å². The van der Waals surface area contributed by atoms with Crippen molar-refractivity contribution in [3.05, 3.63) is 35.9 Å². The summed E-state index contributed by atoms with van der Waals surface area (Å²) in [6, 6.07) is 9.50. The molecule has 1 aromatic carbocycles. The number of pyridine rings is 1. The molecule has 1 heterocycles. The van der Waals surface area contributed by atoms with Gasteiger partial charge in [0.15, 0.2) is 0 Å². The van der Waals surface area contributed by atoms with Crippen LogP contribution in [0.2, 0.25) is 0 Å². The highest BCUT2D eigenvalue weighted by Gasteiger charge is 2.16. The molecule has 3 nitrogen and oxygen atoms in total. The zero-order valence-electron chi connectivity index (χ0n) is 9.90. The summed E-state index contributed by atoms with van der Waals surface area (Å²) in [5, 5.41) is 12.8. The van der Waals surface area contributed by atoms with Gasteiger partial charge in [0.05, 0.1) is 5.52 Å². The SMILES string of the molecule is Cc1cc2ccccc2nc1NCC(O)C(F)F. The van der Waals surface area contributed by atoms with Crippen molar-refractivity contribution in [3.63, 3.8) is 0 Å². The van der Waals surface area contributed by atoms with E-state index in [-0.39, 0.29) is 6.54 Å². The van der Waals surface area contributed by atoms with E-state index >= 15 is 0 Å². The summed E-state index contributed by atoms with van der Waals surface area (Å²) in [6.45, 7) is 1.63. The van der Waals surface area contributed by atoms with Crippen LogP contribution in [0.25, 0.3) is 10.9 Å². The third kappa shape index (κ3) is 2.73. The fourth-order valence-electron chi connectivity index (χ4n) is 1.69. The number of aromatic nitrogens is 1. The van der Waals surface area contributed by atoms with E-state index in [1.807, 2.05) is 37.3 Å². The maximum absolute atomic E-state index is 12.2. The fourth-order valence-corrected chi connectivity index (χ4v) is 1.69. The van der Waals surface area contributed by atoms with Gasteiger partial charge in [-0.3, -0.25) is 0 Å². The minimum Gasteiger partial charge on any atom is -0.385 e. The van der Waals surface area contributed by atoms with Crippen LogP contribution in [0, 0.1) is 6.92 Å². The van der Waals surface area contributed by atoms with Crippen molar-refractivity contribution in [2.75, 3.05) is 11.9 Å². The summed E-state index contributed by atoms with van der Waals surface area (Å²) in [5.74, 6) is 0.522. The molecule has 0 saturated heterocycles. The molecule has 2 rings (SSSR count). The van der Waals surface area contributed by atoms with Crippen LogP contribution in [0.15, 0.2) is 30.3 Å². The molecular weight excluding hydrogens is 238 g/mol. The lowest BCUT2D eigenvalue weighted by Gasteiger charge is -2.13. The number of nitrogens with one attached hydrogen (secondary N) is 1. The zero-order chi connectivity index (χ0) is 13.1. The van der Waals surface area contributed by atoms with Crippen LogP contribution >= 0.6 is 0 Å². The number of halogens is 2. The highest BCUT2D eigenvalue weighted by atomic mass is 19.3. The molecule has 0 spiro atoms. The monoisotopic (exact) mass is 252 g/mol. The second-order valence-electron chi connectivity index (χ2n) is 4.13. The lowest BCUT2D eigenvalue weighted by molar-refractivity contribution is 0.00380. The summed E-state index contributed by atoms with van der Waals surface area (Å²) < 4.78 is 24.3. The van der Waals surface area contributed by atoms with Gasteiger partial charge in [0.1, 0.15) is 11.9 Å². The zero-order valence-corrected chi connectivity index (χ0v) is 9.90. The average Bonchev–Trinajstić information content (AvgIpc) is 2.35. The number of alkyl halides is 2. The molecule has 0 aliphatic heterocycles. The highest BCUT2D eigenvalue weighted by Crippen LogP contribution is 2.19. The van der Waals surface area contributed by atoms with Gasteiger partial charge in [-0.15, -0.1) is 0 Å². The van der Waals surface area contributed by atoms with Crippen LogP contribution in [-0.2, 0) is 0 Å². The lowest BCUT2D eigenvalue weighted by atomic mass is 10.1. The molecule has 0 radical (unpaired) electrons. The van der Waals surface area contributed by atoms with Crippen LogP contribution in [-0.4, -0.2) is 29.2 Å². The van der Waals surface area contributed by atoms with Gasteiger partial charge in [0.2, 0.25) is 0 Å². The number of nitrogens with zero attached hydrogens (tertiary/aromatic N) is 1. The molecule has 1 unspecified atom stereocenters. The molecule has 0 aliphatic carbocycles. The molecule has 0 aliphatic rings. The van der Waals surface area contributed by atoms with Gasteiger partial charge in [-0.05, 0) is 24.6 Å². The minimum atomic E-state index is -2.75. The molecule has 1 aromatic heterocycles. The molecule has 5 heteroatoms. The van der Waals surface area contributed by atoms with Crippen molar-refractivity contribution in [3.8, 4) is 0 Å². The normalized spacial score (nSPS) is 12.9. The second kappa shape index (κ2) is 5.27. The lowest BCUT2D eigenvalue weighted by Crippen LogP contribution is -2.27. The minimum absolute atomic E-state index is 0.218. The van der Waals surface area contributed by atoms with E-state index in [1.54, 1.807) is 0 Å². The van der Waals surface area contributed by atoms with Crippen molar-refractivity contribution in [2.45, 2.75) is 19.5 Å². The number of fused-ring (bicyclic) bond motifs is 1. The number of hydrogen-bond acceptors (Lipinski definition) is 3. The first-order chi connectivity index (χ1) is 8.58. The van der Waals surface area contributed by atoms with E-state index in [9.17, 15) is 8.78 Å². The predicted molar refractivity (Wildman–Crippen MR) is 67.0 cm³/mol. The molecule has 18 heavy (non-hydrogen) atoms. The summed E-state index contributed by atoms with van der Waals surface area (Å²) in [6.07, 6.45) is -4.43. The predicted octanol–water partition coefficient (Wildman–Crippen LogP) is 2.58. The van der Waals surface area contributed by atoms with Crippen molar-refractivity contribution in [2.24, 2.45) is 0 Å². The van der Waals surface area contributed by atoms with E-state index < -0.39 is 12.5 Å². The number of aliphatic hydroxyl groups excluding tert-OH is 1. The first-order valence-corrected chi connectivity index (χ1v) is 5.64. The number of para-hydroxylation sites is 1. The molecule has 0 fully saturated rings. The number of anilines is 1. The fraction of sp³-hybridized carbons (Fsp3) is 0.308. The first kappa shape index (κ1) is 12.7. The van der Waals surface area contributed by atoms with E-state index in [2.05, 4.69) is 10.3 Å². The van der Waals surface area contributed by atoms with E-state index in [1.165, 1.54) is 0 Å².